The van der Waals surface area contributed by atoms with Crippen LogP contribution in [0.15, 0.2) is 34.7 Å². The fourth-order valence-corrected chi connectivity index (χ4v) is 4.81. The maximum absolute atomic E-state index is 13.2. The molecule has 4 nitrogen and oxygen atoms in total. The largest absolute Gasteiger partial charge is 0.298 e. The van der Waals surface area contributed by atoms with E-state index in [-0.39, 0.29) is 38.9 Å². The van der Waals surface area contributed by atoms with Crippen molar-refractivity contribution in [3.05, 3.63) is 40.4 Å². The van der Waals surface area contributed by atoms with Crippen molar-refractivity contribution in [3.63, 3.8) is 0 Å². The topological polar surface area (TPSA) is 68.3 Å². The fraction of sp³-hybridized carbons (Fsp3) is 0.444. The molecule has 0 aliphatic heterocycles. The Morgan fingerprint density at radius 3 is 2.50 bits per heavy atom. The molecule has 0 spiro atoms. The number of hydrogen-bond donors (Lipinski definition) is 0. The monoisotopic (exact) mass is 366 g/mol. The van der Waals surface area contributed by atoms with Crippen LogP contribution in [0, 0.1) is 17.3 Å². The first kappa shape index (κ1) is 17.4. The summed E-state index contributed by atoms with van der Waals surface area (Å²) in [7, 11) is -3.41. The minimum atomic E-state index is -3.41. The van der Waals surface area contributed by atoms with Crippen LogP contribution in [-0.4, -0.2) is 26.2 Å². The van der Waals surface area contributed by atoms with Gasteiger partial charge in [0.1, 0.15) is 5.41 Å². The molecule has 0 heterocycles. The molecular formula is C18H19ClO4S. The molecular weight excluding hydrogens is 348 g/mol. The number of sulfone groups is 1. The van der Waals surface area contributed by atoms with Gasteiger partial charge in [-0.25, -0.2) is 8.42 Å². The van der Waals surface area contributed by atoms with E-state index in [9.17, 15) is 18.0 Å². The average molecular weight is 367 g/mol. The highest BCUT2D eigenvalue weighted by molar-refractivity contribution is 7.90. The first-order valence-electron chi connectivity index (χ1n) is 7.86. The Bertz CT molecular complexity index is 884. The average Bonchev–Trinajstić information content (AvgIpc) is 2.47. The Morgan fingerprint density at radius 1 is 1.33 bits per heavy atom. The number of rotatable bonds is 3. The third kappa shape index (κ3) is 2.45. The van der Waals surface area contributed by atoms with Gasteiger partial charge in [0, 0.05) is 17.7 Å². The van der Waals surface area contributed by atoms with E-state index in [0.29, 0.717) is 0 Å². The number of halogens is 1. The third-order valence-electron chi connectivity index (χ3n) is 5.29. The summed E-state index contributed by atoms with van der Waals surface area (Å²) in [5, 5.41) is 0.0617. The Kier molecular flexibility index (Phi) is 4.00. The summed E-state index contributed by atoms with van der Waals surface area (Å²) >= 11 is 6.18. The van der Waals surface area contributed by atoms with Gasteiger partial charge in [-0.2, -0.15) is 0 Å². The molecule has 0 saturated heterocycles. The van der Waals surface area contributed by atoms with Crippen molar-refractivity contribution >= 4 is 33.0 Å². The van der Waals surface area contributed by atoms with Gasteiger partial charge < -0.3 is 0 Å². The molecule has 128 valence electrons. The Labute approximate surface area is 146 Å². The van der Waals surface area contributed by atoms with Crippen LogP contribution in [0.2, 0.25) is 5.02 Å². The number of carbonyl (C=O) groups excluding carboxylic acids is 2. The summed E-state index contributed by atoms with van der Waals surface area (Å²) in [6.07, 6.45) is 4.73. The summed E-state index contributed by atoms with van der Waals surface area (Å²) in [6, 6.07) is 4.05. The zero-order valence-electron chi connectivity index (χ0n) is 13.8. The van der Waals surface area contributed by atoms with Crippen LogP contribution in [-0.2, 0) is 14.6 Å². The molecule has 0 N–H and O–H groups in total. The van der Waals surface area contributed by atoms with Gasteiger partial charge in [0.05, 0.1) is 9.92 Å². The molecule has 3 unspecified atom stereocenters. The van der Waals surface area contributed by atoms with E-state index in [4.69, 9.17) is 11.6 Å². The quantitative estimate of drug-likeness (QED) is 0.466. The minimum Gasteiger partial charge on any atom is -0.298 e. The first-order valence-corrected chi connectivity index (χ1v) is 10.1. The molecule has 6 heteroatoms. The molecule has 3 rings (SSSR count). The van der Waals surface area contributed by atoms with Gasteiger partial charge >= 0.3 is 0 Å². The second-order valence-corrected chi connectivity index (χ2v) is 9.38. The van der Waals surface area contributed by atoms with Gasteiger partial charge in [-0.15, -0.1) is 0 Å². The summed E-state index contributed by atoms with van der Waals surface area (Å²) in [6.45, 7) is 3.53. The van der Waals surface area contributed by atoms with E-state index in [1.165, 1.54) is 18.2 Å². The van der Waals surface area contributed by atoms with Crippen LogP contribution in [0.3, 0.4) is 0 Å². The van der Waals surface area contributed by atoms with Crippen molar-refractivity contribution in [1.29, 1.82) is 0 Å². The van der Waals surface area contributed by atoms with Crippen LogP contribution in [0.5, 0.6) is 0 Å². The highest BCUT2D eigenvalue weighted by Crippen LogP contribution is 2.52. The van der Waals surface area contributed by atoms with Crippen molar-refractivity contribution in [3.8, 4) is 0 Å². The van der Waals surface area contributed by atoms with Crippen molar-refractivity contribution in [2.45, 2.75) is 31.6 Å². The van der Waals surface area contributed by atoms with Crippen LogP contribution in [0.4, 0.5) is 0 Å². The molecule has 3 atom stereocenters. The standard InChI is InChI=1S/C18H19ClO4S/c1-10-8-11-4-7-14(11)18(2,16(10)20)17(21)13-6-5-12(9-15(13)19)24(3,22)23/h5-7,9-11H,4,8H2,1-3H3. The Morgan fingerprint density at radius 2 is 2.00 bits per heavy atom. The molecule has 2 aliphatic carbocycles. The summed E-state index contributed by atoms with van der Waals surface area (Å²) in [4.78, 5) is 26.0. The van der Waals surface area contributed by atoms with Gasteiger partial charge in [0.2, 0.25) is 0 Å². The third-order valence-corrected chi connectivity index (χ3v) is 6.71. The number of hydrogen-bond acceptors (Lipinski definition) is 4. The van der Waals surface area contributed by atoms with E-state index >= 15 is 0 Å². The van der Waals surface area contributed by atoms with Crippen molar-refractivity contribution in [2.75, 3.05) is 6.26 Å². The van der Waals surface area contributed by atoms with E-state index < -0.39 is 15.3 Å². The lowest BCUT2D eigenvalue weighted by Crippen LogP contribution is -2.50. The predicted octanol–water partition coefficient (Wildman–Crippen LogP) is 3.49. The molecule has 1 fully saturated rings. The van der Waals surface area contributed by atoms with Gasteiger partial charge in [0.15, 0.2) is 21.4 Å². The molecule has 2 aliphatic rings. The molecule has 0 bridgehead atoms. The molecule has 0 amide bonds. The molecule has 24 heavy (non-hydrogen) atoms. The lowest BCUT2D eigenvalue weighted by molar-refractivity contribution is -0.130. The summed E-state index contributed by atoms with van der Waals surface area (Å²) < 4.78 is 23.2. The van der Waals surface area contributed by atoms with Gasteiger partial charge in [-0.3, -0.25) is 9.59 Å². The lowest BCUT2D eigenvalue weighted by Gasteiger charge is -2.46. The number of fused-ring (bicyclic) bond motifs is 1. The van der Waals surface area contributed by atoms with Crippen LogP contribution in [0.25, 0.3) is 0 Å². The van der Waals surface area contributed by atoms with Crippen LogP contribution < -0.4 is 0 Å². The van der Waals surface area contributed by atoms with E-state index in [1.807, 2.05) is 13.0 Å². The van der Waals surface area contributed by atoms with Gasteiger partial charge in [-0.1, -0.05) is 24.6 Å². The van der Waals surface area contributed by atoms with E-state index in [2.05, 4.69) is 0 Å². The second-order valence-electron chi connectivity index (χ2n) is 6.96. The summed E-state index contributed by atoms with van der Waals surface area (Å²) in [5.74, 6) is -0.325. The number of Topliss-reactive ketones (excluding diaryl/α,β-unsaturated/α-hetero) is 2. The lowest BCUT2D eigenvalue weighted by atomic mass is 9.55. The Balaban J connectivity index is 2.07. The minimum absolute atomic E-state index is 0.0540. The van der Waals surface area contributed by atoms with Crippen molar-refractivity contribution < 1.29 is 18.0 Å². The number of ketones is 2. The molecule has 1 aromatic carbocycles. The van der Waals surface area contributed by atoms with Crippen molar-refractivity contribution in [1.82, 2.24) is 0 Å². The number of benzene rings is 1. The Hall–Kier alpha value is -1.46. The normalized spacial score (nSPS) is 29.5. The van der Waals surface area contributed by atoms with Crippen molar-refractivity contribution in [2.24, 2.45) is 17.3 Å². The maximum Gasteiger partial charge on any atom is 0.181 e. The highest BCUT2D eigenvalue weighted by atomic mass is 35.5. The van der Waals surface area contributed by atoms with E-state index in [0.717, 1.165) is 24.7 Å². The summed E-state index contributed by atoms with van der Waals surface area (Å²) in [5.41, 5.74) is -0.115. The van der Waals surface area contributed by atoms with E-state index in [1.54, 1.807) is 6.92 Å². The predicted molar refractivity (Wildman–Crippen MR) is 92.0 cm³/mol. The fourth-order valence-electron chi connectivity index (χ4n) is 3.83. The molecule has 0 radical (unpaired) electrons. The number of carbonyl (C=O) groups is 2. The SMILES string of the molecule is CC1CC2CC=C2C(C)(C(=O)c2ccc(S(C)(=O)=O)cc2Cl)C1=O. The zero-order chi connectivity index (χ0) is 17.9. The van der Waals surface area contributed by atoms with Gasteiger partial charge in [0.25, 0.3) is 0 Å². The number of allylic oxidation sites excluding steroid dienone is 2. The smallest absolute Gasteiger partial charge is 0.181 e. The van der Waals surface area contributed by atoms with Crippen LogP contribution >= 0.6 is 11.6 Å². The van der Waals surface area contributed by atoms with Crippen LogP contribution in [0.1, 0.15) is 37.0 Å². The maximum atomic E-state index is 13.2. The highest BCUT2D eigenvalue weighted by Gasteiger charge is 2.54. The van der Waals surface area contributed by atoms with Gasteiger partial charge in [-0.05, 0) is 49.5 Å². The molecule has 1 saturated carbocycles. The first-order chi connectivity index (χ1) is 11.1. The second kappa shape index (κ2) is 5.53. The molecule has 1 aromatic rings. The zero-order valence-corrected chi connectivity index (χ0v) is 15.4. The molecule has 0 aromatic heterocycles.